The van der Waals surface area contributed by atoms with Gasteiger partial charge in [-0.2, -0.15) is 0 Å². The van der Waals surface area contributed by atoms with Gasteiger partial charge in [-0.15, -0.1) is 0 Å². The summed E-state index contributed by atoms with van der Waals surface area (Å²) in [5.74, 6) is -2.31. The fraction of sp³-hybridized carbons (Fsp3) is 0.207. The topological polar surface area (TPSA) is 120 Å². The van der Waals surface area contributed by atoms with Crippen molar-refractivity contribution in [3.63, 3.8) is 0 Å². The number of benzene rings is 2. The smallest absolute Gasteiger partial charge is 0.379 e. The molecule has 9 heteroatoms. The van der Waals surface area contributed by atoms with Crippen molar-refractivity contribution in [2.45, 2.75) is 6.42 Å². The molecule has 2 heterocycles. The molecule has 38 heavy (non-hydrogen) atoms. The van der Waals surface area contributed by atoms with Crippen LogP contribution in [0.1, 0.15) is 37.7 Å². The number of ketones is 1. The van der Waals surface area contributed by atoms with Crippen LogP contribution in [0.5, 0.6) is 5.75 Å². The number of anilines is 1. The van der Waals surface area contributed by atoms with Gasteiger partial charge in [0.25, 0.3) is 0 Å². The molecule has 1 aromatic heterocycles. The van der Waals surface area contributed by atoms with Gasteiger partial charge in [0.1, 0.15) is 5.75 Å². The first-order valence-corrected chi connectivity index (χ1v) is 12.1. The van der Waals surface area contributed by atoms with Crippen LogP contribution < -0.4 is 9.64 Å². The molecule has 0 spiro atoms. The lowest BCUT2D eigenvalue weighted by molar-refractivity contribution is -0.123. The predicted octanol–water partition coefficient (Wildman–Crippen LogP) is 3.85. The van der Waals surface area contributed by atoms with E-state index >= 15 is 0 Å². The molecule has 2 fully saturated rings. The number of fused-ring (bicyclic) bond motifs is 5. The Labute approximate surface area is 216 Å². The maximum Gasteiger partial charge on any atom is 0.379 e. The van der Waals surface area contributed by atoms with Crippen LogP contribution in [-0.2, 0) is 14.3 Å². The fourth-order valence-electron chi connectivity index (χ4n) is 5.46. The Bertz CT molecular complexity index is 1440. The molecule has 1 saturated heterocycles. The van der Waals surface area contributed by atoms with E-state index in [1.165, 1.54) is 65.8 Å². The van der Waals surface area contributed by atoms with Crippen molar-refractivity contribution in [2.75, 3.05) is 11.5 Å². The van der Waals surface area contributed by atoms with Gasteiger partial charge in [-0.3, -0.25) is 19.3 Å². The molecule has 3 aliphatic rings. The summed E-state index contributed by atoms with van der Waals surface area (Å²) in [5, 5.41) is 0. The van der Waals surface area contributed by atoms with Gasteiger partial charge < -0.3 is 13.9 Å². The second kappa shape index (κ2) is 9.26. The van der Waals surface area contributed by atoms with E-state index in [1.54, 1.807) is 6.07 Å². The van der Waals surface area contributed by atoms with E-state index in [1.807, 2.05) is 12.2 Å². The lowest BCUT2D eigenvalue weighted by Gasteiger charge is -2.17. The maximum absolute atomic E-state index is 13.0. The van der Waals surface area contributed by atoms with Crippen molar-refractivity contribution in [3.8, 4) is 5.75 Å². The van der Waals surface area contributed by atoms with E-state index in [2.05, 4.69) is 0 Å². The molecular formula is C29H21NO8. The van der Waals surface area contributed by atoms with E-state index in [0.29, 0.717) is 5.69 Å². The van der Waals surface area contributed by atoms with Crippen molar-refractivity contribution < 1.29 is 37.9 Å². The molecular weight excluding hydrogens is 490 g/mol. The van der Waals surface area contributed by atoms with E-state index in [4.69, 9.17) is 13.9 Å². The number of amides is 2. The number of Topliss-reactive ketones (excluding diaryl/α,β-unsaturated/α-hetero) is 1. The quantitative estimate of drug-likeness (QED) is 0.154. The van der Waals surface area contributed by atoms with Crippen molar-refractivity contribution in [1.29, 1.82) is 0 Å². The zero-order valence-electron chi connectivity index (χ0n) is 19.9. The Morgan fingerprint density at radius 3 is 2.05 bits per heavy atom. The predicted molar refractivity (Wildman–Crippen MR) is 131 cm³/mol. The molecule has 2 aromatic carbocycles. The first-order chi connectivity index (χ1) is 18.4. The molecule has 0 radical (unpaired) electrons. The van der Waals surface area contributed by atoms with Crippen molar-refractivity contribution in [2.24, 2.45) is 23.7 Å². The number of rotatable bonds is 7. The van der Waals surface area contributed by atoms with Crippen LogP contribution in [0.2, 0.25) is 0 Å². The maximum atomic E-state index is 13.0. The van der Waals surface area contributed by atoms with Crippen LogP contribution in [0.3, 0.4) is 0 Å². The normalized spacial score (nSPS) is 23.0. The largest absolute Gasteiger partial charge is 0.457 e. The zero-order chi connectivity index (χ0) is 26.4. The zero-order valence-corrected chi connectivity index (χ0v) is 19.9. The summed E-state index contributed by atoms with van der Waals surface area (Å²) in [4.78, 5) is 64.0. The standard InChI is InChI=1S/C29H21NO8/c31-22(16-7-11-21(12-8-16)38-29(35)23-2-1-13-36-23)15-37-28(34)17-5-9-20(10-6-17)30-26(32)24-18-3-4-19(14-18)25(24)27(30)33/h1-13,18-19,24-25H,14-15H2/t18-,19-,24-,25-/m0/s1. The number of ether oxygens (including phenoxy) is 2. The number of hydrogen-bond acceptors (Lipinski definition) is 8. The van der Waals surface area contributed by atoms with Gasteiger partial charge in [-0.25, -0.2) is 9.59 Å². The summed E-state index contributed by atoms with van der Waals surface area (Å²) < 4.78 is 15.3. The fourth-order valence-corrected chi connectivity index (χ4v) is 5.46. The summed E-state index contributed by atoms with van der Waals surface area (Å²) in [5.41, 5.74) is 0.864. The molecule has 190 valence electrons. The van der Waals surface area contributed by atoms with E-state index in [0.717, 1.165) is 6.42 Å². The Kier molecular flexibility index (Phi) is 5.75. The molecule has 6 rings (SSSR count). The third-order valence-electron chi connectivity index (χ3n) is 7.28. The number of carbonyl (C=O) groups excluding carboxylic acids is 5. The molecule has 1 aliphatic heterocycles. The Hall–Kier alpha value is -4.79. The number of nitrogens with zero attached hydrogens (tertiary/aromatic N) is 1. The van der Waals surface area contributed by atoms with Crippen LogP contribution in [0.15, 0.2) is 83.5 Å². The highest BCUT2D eigenvalue weighted by atomic mass is 16.5. The molecule has 2 amide bonds. The first-order valence-electron chi connectivity index (χ1n) is 12.1. The molecule has 0 N–H and O–H groups in total. The summed E-state index contributed by atoms with van der Waals surface area (Å²) in [6.07, 6.45) is 6.28. The molecule has 0 unspecified atom stereocenters. The molecule has 2 aliphatic carbocycles. The second-order valence-corrected chi connectivity index (χ2v) is 9.45. The summed E-state index contributed by atoms with van der Waals surface area (Å²) in [6.45, 7) is -0.492. The van der Waals surface area contributed by atoms with Gasteiger partial charge in [0, 0.05) is 5.56 Å². The van der Waals surface area contributed by atoms with Gasteiger partial charge in [0.15, 0.2) is 12.4 Å². The lowest BCUT2D eigenvalue weighted by atomic mass is 9.85. The molecule has 3 aromatic rings. The number of hydrogen-bond donors (Lipinski definition) is 0. The van der Waals surface area contributed by atoms with Gasteiger partial charge in [0.05, 0.1) is 29.3 Å². The Morgan fingerprint density at radius 2 is 1.45 bits per heavy atom. The molecule has 9 nitrogen and oxygen atoms in total. The SMILES string of the molecule is O=C(COC(=O)c1ccc(N2C(=O)[C@@H]3[C@@H](C2=O)[C@H]2C=C[C@H]3C2)cc1)c1ccc(OC(=O)c2ccco2)cc1. The number of esters is 2. The van der Waals surface area contributed by atoms with E-state index in [9.17, 15) is 24.0 Å². The van der Waals surface area contributed by atoms with Gasteiger partial charge in [-0.1, -0.05) is 12.2 Å². The van der Waals surface area contributed by atoms with Crippen LogP contribution in [0, 0.1) is 23.7 Å². The van der Waals surface area contributed by atoms with Crippen LogP contribution in [-0.4, -0.2) is 36.1 Å². The Balaban J connectivity index is 1.04. The highest BCUT2D eigenvalue weighted by Gasteiger charge is 2.59. The highest BCUT2D eigenvalue weighted by molar-refractivity contribution is 6.22. The van der Waals surface area contributed by atoms with Gasteiger partial charge >= 0.3 is 11.9 Å². The van der Waals surface area contributed by atoms with Crippen molar-refractivity contribution in [3.05, 3.63) is 96.0 Å². The molecule has 4 atom stereocenters. The lowest BCUT2D eigenvalue weighted by Crippen LogP contribution is -2.32. The van der Waals surface area contributed by atoms with Gasteiger partial charge in [0.2, 0.25) is 17.6 Å². The summed E-state index contributed by atoms with van der Waals surface area (Å²) in [7, 11) is 0. The van der Waals surface area contributed by atoms with E-state index in [-0.39, 0.29) is 58.1 Å². The number of furan rings is 1. The minimum Gasteiger partial charge on any atom is -0.457 e. The third kappa shape index (κ3) is 4.02. The monoisotopic (exact) mass is 511 g/mol. The van der Waals surface area contributed by atoms with Crippen molar-refractivity contribution in [1.82, 2.24) is 0 Å². The number of allylic oxidation sites excluding steroid dienone is 2. The van der Waals surface area contributed by atoms with Crippen LogP contribution in [0.4, 0.5) is 5.69 Å². The number of carbonyl (C=O) groups is 5. The second-order valence-electron chi connectivity index (χ2n) is 9.45. The first kappa shape index (κ1) is 23.6. The molecule has 2 bridgehead atoms. The molecule has 1 saturated carbocycles. The highest BCUT2D eigenvalue weighted by Crippen LogP contribution is 2.53. The minimum absolute atomic E-state index is 0.0514. The van der Waals surface area contributed by atoms with E-state index < -0.39 is 24.3 Å². The summed E-state index contributed by atoms with van der Waals surface area (Å²) >= 11 is 0. The van der Waals surface area contributed by atoms with Crippen molar-refractivity contribution >= 4 is 35.2 Å². The average Bonchev–Trinajstić information content (AvgIpc) is 3.73. The average molecular weight is 511 g/mol. The third-order valence-corrected chi connectivity index (χ3v) is 7.28. The number of imide groups is 1. The Morgan fingerprint density at radius 1 is 0.816 bits per heavy atom. The minimum atomic E-state index is -0.716. The van der Waals surface area contributed by atoms with Gasteiger partial charge in [-0.05, 0) is 78.9 Å². The summed E-state index contributed by atoms with van der Waals surface area (Å²) in [6, 6.07) is 14.8. The van der Waals surface area contributed by atoms with Crippen LogP contribution >= 0.6 is 0 Å². The van der Waals surface area contributed by atoms with Crippen LogP contribution in [0.25, 0.3) is 0 Å².